The minimum atomic E-state index is 0.609. The molecule has 0 spiro atoms. The van der Waals surface area contributed by atoms with Gasteiger partial charge < -0.3 is 20.9 Å². The van der Waals surface area contributed by atoms with Crippen molar-refractivity contribution in [2.24, 2.45) is 0 Å². The third-order valence-electron chi connectivity index (χ3n) is 9.48. The molecule has 2 saturated carbocycles. The van der Waals surface area contributed by atoms with E-state index in [1.807, 2.05) is 48.5 Å². The Morgan fingerprint density at radius 3 is 1.28 bits per heavy atom. The average molecular weight is 575 g/mol. The van der Waals surface area contributed by atoms with Crippen LogP contribution in [0.25, 0.3) is 0 Å². The van der Waals surface area contributed by atoms with Gasteiger partial charge in [-0.15, -0.1) is 0 Å². The van der Waals surface area contributed by atoms with Crippen molar-refractivity contribution in [3.8, 4) is 23.0 Å². The molecule has 0 radical (unpaired) electrons. The highest BCUT2D eigenvalue weighted by Gasteiger charge is 2.23. The molecule has 4 aromatic carbocycles. The van der Waals surface area contributed by atoms with Gasteiger partial charge in [-0.3, -0.25) is 0 Å². The minimum absolute atomic E-state index is 0.609. The lowest BCUT2D eigenvalue weighted by Crippen LogP contribution is -2.09. The molecule has 4 nitrogen and oxygen atoms in total. The molecule has 0 saturated heterocycles. The summed E-state index contributed by atoms with van der Waals surface area (Å²) in [6.45, 7) is 4.38. The van der Waals surface area contributed by atoms with Crippen molar-refractivity contribution in [1.29, 1.82) is 0 Å². The Morgan fingerprint density at radius 2 is 0.907 bits per heavy atom. The molecular formula is C39H46N2O2. The van der Waals surface area contributed by atoms with E-state index in [1.54, 1.807) is 0 Å². The summed E-state index contributed by atoms with van der Waals surface area (Å²) in [5.41, 5.74) is 21.1. The standard InChI is InChI=1S/C39H46N2O2/c1-26-21-30(28-9-5-3-6-10-28)23-32(38(26)42-36-17-13-34(40)14-18-36)25-33-24-31(29-11-7-4-8-12-29)22-27(2)39(33)43-37-19-15-35(41)16-20-37/h13-24,28-29H,3-12,25,40-41H2,1-2H3. The fourth-order valence-corrected chi connectivity index (χ4v) is 7.16. The van der Waals surface area contributed by atoms with E-state index >= 15 is 0 Å². The summed E-state index contributed by atoms with van der Waals surface area (Å²) in [4.78, 5) is 0. The Kier molecular flexibility index (Phi) is 8.92. The van der Waals surface area contributed by atoms with Crippen LogP contribution in [0.5, 0.6) is 23.0 Å². The molecule has 4 heteroatoms. The van der Waals surface area contributed by atoms with E-state index < -0.39 is 0 Å². The first-order chi connectivity index (χ1) is 20.9. The number of hydrogen-bond donors (Lipinski definition) is 2. The summed E-state index contributed by atoms with van der Waals surface area (Å²) in [6.07, 6.45) is 13.7. The van der Waals surface area contributed by atoms with Crippen LogP contribution in [-0.2, 0) is 6.42 Å². The van der Waals surface area contributed by atoms with Crippen LogP contribution in [0.2, 0.25) is 0 Å². The highest BCUT2D eigenvalue weighted by molar-refractivity contribution is 5.55. The highest BCUT2D eigenvalue weighted by atomic mass is 16.5. The molecule has 6 rings (SSSR count). The topological polar surface area (TPSA) is 70.5 Å². The molecular weight excluding hydrogens is 528 g/mol. The zero-order valence-electron chi connectivity index (χ0n) is 25.8. The van der Waals surface area contributed by atoms with Crippen molar-refractivity contribution in [1.82, 2.24) is 0 Å². The van der Waals surface area contributed by atoms with Crippen molar-refractivity contribution in [2.75, 3.05) is 11.5 Å². The van der Waals surface area contributed by atoms with Gasteiger partial charge >= 0.3 is 0 Å². The number of rotatable bonds is 8. The Labute approximate surface area is 257 Å². The molecule has 0 bridgehead atoms. The summed E-state index contributed by atoms with van der Waals surface area (Å²) in [5, 5.41) is 0. The molecule has 0 aliphatic heterocycles. The first kappa shape index (κ1) is 29.2. The van der Waals surface area contributed by atoms with Gasteiger partial charge in [-0.05, 0) is 133 Å². The average Bonchev–Trinajstić information content (AvgIpc) is 3.03. The molecule has 2 aliphatic rings. The molecule has 0 atom stereocenters. The lowest BCUT2D eigenvalue weighted by atomic mass is 9.81. The van der Waals surface area contributed by atoms with Crippen LogP contribution < -0.4 is 20.9 Å². The van der Waals surface area contributed by atoms with Crippen LogP contribution in [0.4, 0.5) is 11.4 Å². The molecule has 224 valence electrons. The van der Waals surface area contributed by atoms with Crippen LogP contribution >= 0.6 is 0 Å². The summed E-state index contributed by atoms with van der Waals surface area (Å²) in [5.74, 6) is 4.69. The first-order valence-electron chi connectivity index (χ1n) is 16.3. The van der Waals surface area contributed by atoms with Crippen molar-refractivity contribution in [2.45, 2.75) is 96.3 Å². The zero-order valence-corrected chi connectivity index (χ0v) is 25.8. The fraction of sp³-hybridized carbons (Fsp3) is 0.385. The van der Waals surface area contributed by atoms with Crippen molar-refractivity contribution in [3.05, 3.63) is 106 Å². The summed E-state index contributed by atoms with van der Waals surface area (Å²) >= 11 is 0. The second-order valence-electron chi connectivity index (χ2n) is 12.8. The van der Waals surface area contributed by atoms with Crippen molar-refractivity contribution >= 4 is 11.4 Å². The number of benzene rings is 4. The molecule has 4 aromatic rings. The van der Waals surface area contributed by atoms with Crippen LogP contribution in [0.15, 0.2) is 72.8 Å². The van der Waals surface area contributed by atoms with Crippen molar-refractivity contribution in [3.63, 3.8) is 0 Å². The van der Waals surface area contributed by atoms with E-state index in [2.05, 4.69) is 38.1 Å². The van der Waals surface area contributed by atoms with Gasteiger partial charge in [-0.25, -0.2) is 0 Å². The fourth-order valence-electron chi connectivity index (χ4n) is 7.16. The van der Waals surface area contributed by atoms with Crippen molar-refractivity contribution < 1.29 is 9.47 Å². The van der Waals surface area contributed by atoms with E-state index in [9.17, 15) is 0 Å². The zero-order chi connectivity index (χ0) is 29.8. The number of hydrogen-bond acceptors (Lipinski definition) is 4. The molecule has 0 aromatic heterocycles. The van der Waals surface area contributed by atoms with Gasteiger partial charge in [0.1, 0.15) is 23.0 Å². The van der Waals surface area contributed by atoms with Gasteiger partial charge in [0.15, 0.2) is 0 Å². The van der Waals surface area contributed by atoms with Gasteiger partial charge in [0, 0.05) is 17.8 Å². The monoisotopic (exact) mass is 574 g/mol. The lowest BCUT2D eigenvalue weighted by molar-refractivity contribution is 0.439. The number of anilines is 2. The van der Waals surface area contributed by atoms with E-state index in [4.69, 9.17) is 20.9 Å². The molecule has 2 aliphatic carbocycles. The van der Waals surface area contributed by atoms with Gasteiger partial charge in [0.25, 0.3) is 0 Å². The lowest BCUT2D eigenvalue weighted by Gasteiger charge is -2.26. The van der Waals surface area contributed by atoms with Gasteiger partial charge in [0.05, 0.1) is 0 Å². The Hall–Kier alpha value is -3.92. The summed E-state index contributed by atoms with van der Waals surface area (Å²) < 4.78 is 13.3. The van der Waals surface area contributed by atoms with Crippen LogP contribution in [0.3, 0.4) is 0 Å². The van der Waals surface area contributed by atoms with Gasteiger partial charge in [0.2, 0.25) is 0 Å². The number of nitrogens with two attached hydrogens (primary N) is 2. The maximum absolute atomic E-state index is 6.65. The third kappa shape index (κ3) is 7.01. The smallest absolute Gasteiger partial charge is 0.133 e. The van der Waals surface area contributed by atoms with E-state index in [0.29, 0.717) is 11.8 Å². The Morgan fingerprint density at radius 1 is 0.535 bits per heavy atom. The molecule has 0 unspecified atom stereocenters. The Balaban J connectivity index is 1.44. The molecule has 4 N–H and O–H groups in total. The number of ether oxygens (including phenoxy) is 2. The third-order valence-corrected chi connectivity index (χ3v) is 9.48. The SMILES string of the molecule is Cc1cc(C2CCCCC2)cc(Cc2cc(C3CCCCC3)cc(C)c2Oc2ccc(N)cc2)c1Oc1ccc(N)cc1. The van der Waals surface area contributed by atoms with E-state index in [-0.39, 0.29) is 0 Å². The highest BCUT2D eigenvalue weighted by Crippen LogP contribution is 2.42. The maximum Gasteiger partial charge on any atom is 0.133 e. The van der Waals surface area contributed by atoms with E-state index in [0.717, 1.165) is 40.8 Å². The Bertz CT molecular complexity index is 1410. The molecule has 2 fully saturated rings. The maximum atomic E-state index is 6.65. The van der Waals surface area contributed by atoms with Crippen LogP contribution in [0.1, 0.15) is 109 Å². The molecule has 0 heterocycles. The van der Waals surface area contributed by atoms with Crippen LogP contribution in [-0.4, -0.2) is 0 Å². The number of nitrogen functional groups attached to an aromatic ring is 2. The minimum Gasteiger partial charge on any atom is -0.457 e. The number of aryl methyl sites for hydroxylation is 2. The van der Waals surface area contributed by atoms with Crippen LogP contribution in [0, 0.1) is 13.8 Å². The summed E-state index contributed by atoms with van der Waals surface area (Å²) in [7, 11) is 0. The molecule has 0 amide bonds. The quantitative estimate of drug-likeness (QED) is 0.205. The molecule has 43 heavy (non-hydrogen) atoms. The largest absolute Gasteiger partial charge is 0.457 e. The second kappa shape index (κ2) is 13.2. The summed E-state index contributed by atoms with van der Waals surface area (Å²) in [6, 6.07) is 25.0. The normalized spacial score (nSPS) is 16.2. The van der Waals surface area contributed by atoms with Gasteiger partial charge in [-0.1, -0.05) is 62.8 Å². The predicted molar refractivity (Wildman–Crippen MR) is 179 cm³/mol. The van der Waals surface area contributed by atoms with E-state index in [1.165, 1.54) is 97.6 Å². The first-order valence-corrected chi connectivity index (χ1v) is 16.3. The predicted octanol–water partition coefficient (Wildman–Crippen LogP) is 10.7. The second-order valence-corrected chi connectivity index (χ2v) is 12.8. The van der Waals surface area contributed by atoms with Gasteiger partial charge in [-0.2, -0.15) is 0 Å².